The van der Waals surface area contributed by atoms with Gasteiger partial charge in [0.15, 0.2) is 0 Å². The third-order valence-electron chi connectivity index (χ3n) is 4.19. The third-order valence-corrected chi connectivity index (χ3v) is 4.65. The van der Waals surface area contributed by atoms with Gasteiger partial charge >= 0.3 is 10.4 Å². The van der Waals surface area contributed by atoms with Crippen molar-refractivity contribution >= 4 is 10.4 Å². The zero-order valence-electron chi connectivity index (χ0n) is 14.8. The van der Waals surface area contributed by atoms with Crippen LogP contribution in [0.1, 0.15) is 97.8 Å². The Morgan fingerprint density at radius 3 is 1.77 bits per heavy atom. The zero-order chi connectivity index (χ0) is 16.9. The summed E-state index contributed by atoms with van der Waals surface area (Å²) in [7, 11) is -4.28. The maximum absolute atomic E-state index is 10.4. The Balaban J connectivity index is 3.47. The van der Waals surface area contributed by atoms with Crippen molar-refractivity contribution in [2.75, 3.05) is 6.61 Å². The highest BCUT2D eigenvalue weighted by Crippen LogP contribution is 2.29. The van der Waals surface area contributed by atoms with E-state index in [1.807, 2.05) is 0 Å². The summed E-state index contributed by atoms with van der Waals surface area (Å²) >= 11 is 0. The summed E-state index contributed by atoms with van der Waals surface area (Å²) in [6, 6.07) is 0. The van der Waals surface area contributed by atoms with Gasteiger partial charge < -0.3 is 0 Å². The maximum Gasteiger partial charge on any atom is 0.397 e. The minimum absolute atomic E-state index is 0.0695. The van der Waals surface area contributed by atoms with Crippen LogP contribution in [0.15, 0.2) is 0 Å². The SMILES string of the molecule is CCCCCCCCCCCC(C)(C)CCCOS(=O)(=O)O. The summed E-state index contributed by atoms with van der Waals surface area (Å²) in [5.74, 6) is 0. The second kappa shape index (κ2) is 12.3. The summed E-state index contributed by atoms with van der Waals surface area (Å²) in [5, 5.41) is 0. The standard InChI is InChI=1S/C17H36O4S/c1-4-5-6-7-8-9-10-11-12-14-17(2,3)15-13-16-21-22(18,19)20/h4-16H2,1-3H3,(H,18,19,20). The van der Waals surface area contributed by atoms with Gasteiger partial charge in [-0.05, 0) is 24.7 Å². The topological polar surface area (TPSA) is 63.6 Å². The average Bonchev–Trinajstić information content (AvgIpc) is 2.41. The molecule has 0 aromatic carbocycles. The van der Waals surface area contributed by atoms with Crippen LogP contribution in [-0.2, 0) is 14.6 Å². The summed E-state index contributed by atoms with van der Waals surface area (Å²) in [6.07, 6.45) is 14.8. The highest BCUT2D eigenvalue weighted by atomic mass is 32.3. The van der Waals surface area contributed by atoms with E-state index in [1.54, 1.807) is 0 Å². The van der Waals surface area contributed by atoms with Gasteiger partial charge in [-0.1, -0.05) is 78.6 Å². The highest BCUT2D eigenvalue weighted by Gasteiger charge is 2.17. The van der Waals surface area contributed by atoms with E-state index in [1.165, 1.54) is 57.8 Å². The lowest BCUT2D eigenvalue weighted by Gasteiger charge is -2.24. The minimum Gasteiger partial charge on any atom is -0.264 e. The van der Waals surface area contributed by atoms with E-state index in [0.29, 0.717) is 6.42 Å². The molecule has 0 bridgehead atoms. The molecular formula is C17H36O4S. The molecular weight excluding hydrogens is 300 g/mol. The second-order valence-electron chi connectivity index (χ2n) is 7.10. The van der Waals surface area contributed by atoms with Crippen molar-refractivity contribution in [3.8, 4) is 0 Å². The van der Waals surface area contributed by atoms with Gasteiger partial charge in [0.25, 0.3) is 0 Å². The zero-order valence-corrected chi connectivity index (χ0v) is 15.6. The monoisotopic (exact) mass is 336 g/mol. The predicted octanol–water partition coefficient (Wildman–Crippen LogP) is 5.53. The first-order valence-corrected chi connectivity index (χ1v) is 10.3. The predicted molar refractivity (Wildman–Crippen MR) is 92.4 cm³/mol. The highest BCUT2D eigenvalue weighted by molar-refractivity contribution is 7.80. The summed E-state index contributed by atoms with van der Waals surface area (Å²) in [5.41, 5.74) is 0.212. The van der Waals surface area contributed by atoms with Crippen LogP contribution in [0.5, 0.6) is 0 Å². The number of unbranched alkanes of at least 4 members (excludes halogenated alkanes) is 8. The van der Waals surface area contributed by atoms with Gasteiger partial charge in [0, 0.05) is 0 Å². The lowest BCUT2D eigenvalue weighted by Crippen LogP contribution is -2.13. The number of hydrogen-bond donors (Lipinski definition) is 1. The van der Waals surface area contributed by atoms with Gasteiger partial charge in [-0.15, -0.1) is 0 Å². The first-order chi connectivity index (χ1) is 10.3. The van der Waals surface area contributed by atoms with E-state index < -0.39 is 10.4 Å². The van der Waals surface area contributed by atoms with Crippen molar-refractivity contribution in [3.05, 3.63) is 0 Å². The lowest BCUT2D eigenvalue weighted by molar-refractivity contribution is 0.224. The normalized spacial score (nSPS) is 12.7. The average molecular weight is 337 g/mol. The van der Waals surface area contributed by atoms with Crippen molar-refractivity contribution < 1.29 is 17.2 Å². The van der Waals surface area contributed by atoms with E-state index in [-0.39, 0.29) is 12.0 Å². The van der Waals surface area contributed by atoms with Gasteiger partial charge in [0.1, 0.15) is 0 Å². The van der Waals surface area contributed by atoms with Crippen molar-refractivity contribution in [2.24, 2.45) is 5.41 Å². The fourth-order valence-corrected chi connectivity index (χ4v) is 3.08. The van der Waals surface area contributed by atoms with Gasteiger partial charge in [0.2, 0.25) is 0 Å². The maximum atomic E-state index is 10.4. The van der Waals surface area contributed by atoms with Crippen LogP contribution in [0.2, 0.25) is 0 Å². The summed E-state index contributed by atoms with van der Waals surface area (Å²) in [4.78, 5) is 0. The van der Waals surface area contributed by atoms with Crippen molar-refractivity contribution in [1.82, 2.24) is 0 Å². The fourth-order valence-electron chi connectivity index (χ4n) is 2.75. The molecule has 0 aliphatic rings. The van der Waals surface area contributed by atoms with Crippen LogP contribution in [0.3, 0.4) is 0 Å². The molecule has 4 nitrogen and oxygen atoms in total. The molecule has 0 aromatic rings. The van der Waals surface area contributed by atoms with Gasteiger partial charge in [-0.2, -0.15) is 8.42 Å². The quantitative estimate of drug-likeness (QED) is 0.315. The van der Waals surface area contributed by atoms with Crippen molar-refractivity contribution in [3.63, 3.8) is 0 Å². The molecule has 0 fully saturated rings. The Bertz CT molecular complexity index is 350. The fraction of sp³-hybridized carbons (Fsp3) is 1.00. The molecule has 134 valence electrons. The Hall–Kier alpha value is -0.130. The third kappa shape index (κ3) is 16.2. The molecule has 1 N–H and O–H groups in total. The summed E-state index contributed by atoms with van der Waals surface area (Å²) < 4.78 is 33.7. The molecule has 0 rings (SSSR count). The van der Waals surface area contributed by atoms with E-state index >= 15 is 0 Å². The molecule has 0 saturated heterocycles. The van der Waals surface area contributed by atoms with Crippen molar-refractivity contribution in [1.29, 1.82) is 0 Å². The molecule has 0 heterocycles. The van der Waals surface area contributed by atoms with Gasteiger partial charge in [-0.25, -0.2) is 4.18 Å². The first-order valence-electron chi connectivity index (χ1n) is 8.89. The number of rotatable bonds is 15. The first kappa shape index (κ1) is 21.9. The molecule has 22 heavy (non-hydrogen) atoms. The van der Waals surface area contributed by atoms with Crippen LogP contribution in [0, 0.1) is 5.41 Å². The van der Waals surface area contributed by atoms with E-state index in [2.05, 4.69) is 25.0 Å². The molecule has 0 atom stereocenters. The van der Waals surface area contributed by atoms with Gasteiger partial charge in [-0.3, -0.25) is 4.55 Å². The van der Waals surface area contributed by atoms with Crippen LogP contribution in [0.25, 0.3) is 0 Å². The van der Waals surface area contributed by atoms with E-state index in [4.69, 9.17) is 4.55 Å². The van der Waals surface area contributed by atoms with Crippen LogP contribution in [-0.4, -0.2) is 19.6 Å². The smallest absolute Gasteiger partial charge is 0.264 e. The van der Waals surface area contributed by atoms with Crippen molar-refractivity contribution in [2.45, 2.75) is 97.8 Å². The van der Waals surface area contributed by atoms with Gasteiger partial charge in [0.05, 0.1) is 6.61 Å². The molecule has 0 aliphatic carbocycles. The molecule has 0 aliphatic heterocycles. The summed E-state index contributed by atoms with van der Waals surface area (Å²) in [6.45, 7) is 6.74. The van der Waals surface area contributed by atoms with E-state index in [0.717, 1.165) is 12.8 Å². The van der Waals surface area contributed by atoms with E-state index in [9.17, 15) is 8.42 Å². The molecule has 5 heteroatoms. The lowest BCUT2D eigenvalue weighted by atomic mass is 9.82. The molecule has 0 spiro atoms. The van der Waals surface area contributed by atoms with Crippen LogP contribution < -0.4 is 0 Å². The Labute approximate surface area is 138 Å². The molecule has 0 aromatic heterocycles. The molecule has 0 amide bonds. The minimum atomic E-state index is -4.28. The van der Waals surface area contributed by atoms with Crippen LogP contribution in [0.4, 0.5) is 0 Å². The Morgan fingerprint density at radius 1 is 0.818 bits per heavy atom. The molecule has 0 radical (unpaired) electrons. The van der Waals surface area contributed by atoms with Crippen LogP contribution >= 0.6 is 0 Å². The largest absolute Gasteiger partial charge is 0.397 e. The Morgan fingerprint density at radius 2 is 1.27 bits per heavy atom. The molecule has 0 unspecified atom stereocenters. The number of hydrogen-bond acceptors (Lipinski definition) is 3. The second-order valence-corrected chi connectivity index (χ2v) is 8.19. The Kier molecular flexibility index (Phi) is 12.2. The molecule has 0 saturated carbocycles.